The molecule has 2 aromatic rings. The van der Waals surface area contributed by atoms with E-state index in [1.54, 1.807) is 24.3 Å². The zero-order chi connectivity index (χ0) is 12.7. The third kappa shape index (κ3) is 1.36. The van der Waals surface area contributed by atoms with E-state index in [0.717, 1.165) is 0 Å². The highest BCUT2D eigenvalue weighted by Gasteiger charge is 2.28. The Morgan fingerprint density at radius 3 is 2.67 bits per heavy atom. The second kappa shape index (κ2) is 3.63. The number of nitrogens with zero attached hydrogens (tertiary/aromatic N) is 2. The van der Waals surface area contributed by atoms with E-state index in [9.17, 15) is 4.79 Å². The fourth-order valence-corrected chi connectivity index (χ4v) is 1.93. The molecule has 1 aromatic heterocycles. The number of aromatic amines is 1. The smallest absolute Gasteiger partial charge is 0.197 e. The van der Waals surface area contributed by atoms with Crippen LogP contribution in [-0.4, -0.2) is 16.6 Å². The molecule has 1 aromatic carbocycles. The molecule has 1 aliphatic heterocycles. The molecule has 2 heterocycles. The molecule has 0 fully saturated rings. The molecular weight excluding hydrogens is 230 g/mol. The summed E-state index contributed by atoms with van der Waals surface area (Å²) in [5.74, 6) is 0.314. The number of amidine groups is 1. The van der Waals surface area contributed by atoms with Gasteiger partial charge in [0.25, 0.3) is 0 Å². The van der Waals surface area contributed by atoms with Crippen molar-refractivity contribution in [2.24, 2.45) is 10.2 Å². The summed E-state index contributed by atoms with van der Waals surface area (Å²) in [5.41, 5.74) is 6.94. The maximum absolute atomic E-state index is 12.4. The van der Waals surface area contributed by atoms with Gasteiger partial charge >= 0.3 is 0 Å². The van der Waals surface area contributed by atoms with Gasteiger partial charge in [0.05, 0.1) is 11.1 Å². The number of ketones is 1. The summed E-state index contributed by atoms with van der Waals surface area (Å²) in [6.07, 6.45) is 0. The first-order valence-corrected chi connectivity index (χ1v) is 5.30. The number of hydrogen-bond donors (Lipinski definition) is 3. The van der Waals surface area contributed by atoms with Crippen molar-refractivity contribution in [1.82, 2.24) is 4.98 Å². The lowest BCUT2D eigenvalue weighted by molar-refractivity contribution is 0.103. The summed E-state index contributed by atoms with van der Waals surface area (Å²) in [4.78, 5) is 15.1. The number of H-pyrrole nitrogens is 1. The van der Waals surface area contributed by atoms with Gasteiger partial charge in [-0.3, -0.25) is 10.2 Å². The molecule has 0 amide bonds. The summed E-state index contributed by atoms with van der Waals surface area (Å²) < 4.78 is 0. The third-order valence-corrected chi connectivity index (χ3v) is 2.76. The highest BCUT2D eigenvalue weighted by molar-refractivity contribution is 6.21. The molecule has 0 aliphatic carbocycles. The maximum Gasteiger partial charge on any atom is 0.197 e. The second-order valence-corrected chi connectivity index (χ2v) is 3.88. The van der Waals surface area contributed by atoms with Crippen molar-refractivity contribution in [3.05, 3.63) is 47.0 Å². The van der Waals surface area contributed by atoms with Gasteiger partial charge < -0.3 is 10.7 Å². The van der Waals surface area contributed by atoms with E-state index in [1.807, 2.05) is 6.07 Å². The second-order valence-electron chi connectivity index (χ2n) is 3.88. The standard InChI is InChI=1S/C12H9N5O/c13-10-7(8-11(14)16-17-12(8)15-10)9(18)6-4-2-1-3-5-6/h1-5,14-15H,13H2. The number of carbonyl (C=O) groups is 1. The molecule has 6 nitrogen and oxygen atoms in total. The number of fused-ring (bicyclic) bond motifs is 1. The zero-order valence-corrected chi connectivity index (χ0v) is 9.27. The normalized spacial score (nSPS) is 12.8. The average Bonchev–Trinajstić information content (AvgIpc) is 2.89. The number of anilines is 1. The van der Waals surface area contributed by atoms with Crippen LogP contribution in [0.3, 0.4) is 0 Å². The Labute approximate surface area is 102 Å². The number of hydrogen-bond acceptors (Lipinski definition) is 4. The van der Waals surface area contributed by atoms with Crippen LogP contribution in [0.15, 0.2) is 40.6 Å². The fourth-order valence-electron chi connectivity index (χ4n) is 1.93. The van der Waals surface area contributed by atoms with Crippen LogP contribution < -0.4 is 5.73 Å². The Morgan fingerprint density at radius 1 is 1.22 bits per heavy atom. The molecule has 3 rings (SSSR count). The minimum Gasteiger partial charge on any atom is -0.385 e. The molecule has 0 unspecified atom stereocenters. The number of rotatable bonds is 2. The molecule has 0 atom stereocenters. The van der Waals surface area contributed by atoms with E-state index in [0.29, 0.717) is 16.9 Å². The molecule has 0 saturated heterocycles. The lowest BCUT2D eigenvalue weighted by atomic mass is 10.0. The summed E-state index contributed by atoms with van der Waals surface area (Å²) >= 11 is 0. The van der Waals surface area contributed by atoms with Crippen LogP contribution >= 0.6 is 0 Å². The highest BCUT2D eigenvalue weighted by atomic mass is 16.1. The average molecular weight is 239 g/mol. The Kier molecular flexibility index (Phi) is 2.09. The molecule has 88 valence electrons. The first-order valence-electron chi connectivity index (χ1n) is 5.30. The summed E-state index contributed by atoms with van der Waals surface area (Å²) in [6, 6.07) is 8.78. The SMILES string of the molecule is N=C1N=Nc2[nH]c(N)c(C(=O)c3ccccc3)c21. The monoisotopic (exact) mass is 239 g/mol. The molecule has 0 bridgehead atoms. The van der Waals surface area contributed by atoms with Crippen molar-refractivity contribution in [1.29, 1.82) is 5.41 Å². The Hall–Kier alpha value is -2.76. The van der Waals surface area contributed by atoms with Crippen LogP contribution in [0, 0.1) is 5.41 Å². The fraction of sp³-hybridized carbons (Fsp3) is 0. The molecular formula is C12H9N5O. The number of nitrogen functional groups attached to an aromatic ring is 1. The number of nitrogens with two attached hydrogens (primary N) is 1. The van der Waals surface area contributed by atoms with E-state index in [2.05, 4.69) is 15.2 Å². The molecule has 1 aliphatic rings. The van der Waals surface area contributed by atoms with Crippen molar-refractivity contribution in [3.63, 3.8) is 0 Å². The minimum absolute atomic E-state index is 0.0442. The number of benzene rings is 1. The van der Waals surface area contributed by atoms with Gasteiger partial charge in [0.2, 0.25) is 0 Å². The number of nitrogens with one attached hydrogen (secondary N) is 2. The predicted octanol–water partition coefficient (Wildman–Crippen LogP) is 2.25. The Morgan fingerprint density at radius 2 is 1.94 bits per heavy atom. The van der Waals surface area contributed by atoms with Crippen molar-refractivity contribution in [3.8, 4) is 0 Å². The molecule has 4 N–H and O–H groups in total. The minimum atomic E-state index is -0.234. The van der Waals surface area contributed by atoms with Gasteiger partial charge in [-0.1, -0.05) is 30.3 Å². The topological polar surface area (TPSA) is 107 Å². The van der Waals surface area contributed by atoms with E-state index >= 15 is 0 Å². The zero-order valence-electron chi connectivity index (χ0n) is 9.27. The number of aromatic nitrogens is 1. The van der Waals surface area contributed by atoms with Gasteiger partial charge in [0.1, 0.15) is 5.82 Å². The molecule has 0 spiro atoms. The van der Waals surface area contributed by atoms with Crippen molar-refractivity contribution >= 4 is 23.3 Å². The van der Waals surface area contributed by atoms with Crippen molar-refractivity contribution < 1.29 is 4.79 Å². The van der Waals surface area contributed by atoms with Crippen molar-refractivity contribution in [2.75, 3.05) is 5.73 Å². The van der Waals surface area contributed by atoms with Crippen LogP contribution in [0.4, 0.5) is 11.6 Å². The number of azo groups is 1. The van der Waals surface area contributed by atoms with Crippen LogP contribution in [0.5, 0.6) is 0 Å². The van der Waals surface area contributed by atoms with Gasteiger partial charge in [-0.2, -0.15) is 0 Å². The molecule has 6 heteroatoms. The first kappa shape index (κ1) is 10.4. The lowest BCUT2D eigenvalue weighted by Crippen LogP contribution is -2.08. The Balaban J connectivity index is 2.15. The lowest BCUT2D eigenvalue weighted by Gasteiger charge is -2.01. The van der Waals surface area contributed by atoms with Gasteiger partial charge in [-0.05, 0) is 0 Å². The summed E-state index contributed by atoms with van der Waals surface area (Å²) in [7, 11) is 0. The largest absolute Gasteiger partial charge is 0.385 e. The van der Waals surface area contributed by atoms with E-state index in [4.69, 9.17) is 11.1 Å². The molecule has 0 saturated carbocycles. The quantitative estimate of drug-likeness (QED) is 0.699. The number of carbonyl (C=O) groups excluding carboxylic acids is 1. The van der Waals surface area contributed by atoms with E-state index in [-0.39, 0.29) is 23.0 Å². The predicted molar refractivity (Wildman–Crippen MR) is 66.4 cm³/mol. The first-order chi connectivity index (χ1) is 8.68. The van der Waals surface area contributed by atoms with Gasteiger partial charge in [-0.15, -0.1) is 10.2 Å². The van der Waals surface area contributed by atoms with Crippen molar-refractivity contribution in [2.45, 2.75) is 0 Å². The van der Waals surface area contributed by atoms with E-state index in [1.165, 1.54) is 0 Å². The molecule has 18 heavy (non-hydrogen) atoms. The highest BCUT2D eigenvalue weighted by Crippen LogP contribution is 2.34. The van der Waals surface area contributed by atoms with Crippen LogP contribution in [0.25, 0.3) is 0 Å². The molecule has 0 radical (unpaired) electrons. The summed E-state index contributed by atoms with van der Waals surface area (Å²) in [5, 5.41) is 15.0. The van der Waals surface area contributed by atoms with Gasteiger partial charge in [-0.25, -0.2) is 0 Å². The van der Waals surface area contributed by atoms with Crippen LogP contribution in [-0.2, 0) is 0 Å². The van der Waals surface area contributed by atoms with E-state index < -0.39 is 0 Å². The summed E-state index contributed by atoms with van der Waals surface area (Å²) in [6.45, 7) is 0. The van der Waals surface area contributed by atoms with Crippen LogP contribution in [0.2, 0.25) is 0 Å². The van der Waals surface area contributed by atoms with Gasteiger partial charge in [0.15, 0.2) is 17.4 Å². The Bertz CT molecular complexity index is 684. The third-order valence-electron chi connectivity index (χ3n) is 2.76. The van der Waals surface area contributed by atoms with Gasteiger partial charge in [0, 0.05) is 5.56 Å². The van der Waals surface area contributed by atoms with Crippen LogP contribution in [0.1, 0.15) is 21.5 Å². The maximum atomic E-state index is 12.4.